The lowest BCUT2D eigenvalue weighted by molar-refractivity contribution is -0.736. The highest BCUT2D eigenvalue weighted by atomic mass is 15.2. The molecule has 0 saturated carbocycles. The summed E-state index contributed by atoms with van der Waals surface area (Å²) in [6.07, 6.45) is 0. The van der Waals surface area contributed by atoms with E-state index in [9.17, 15) is 0 Å². The molecule has 2 heteroatoms. The Morgan fingerprint density at radius 3 is 2.21 bits per heavy atom. The van der Waals surface area contributed by atoms with Crippen molar-refractivity contribution >= 4 is 16.3 Å². The predicted octanol–water partition coefficient (Wildman–Crippen LogP) is 6.32. The largest absolute Gasteiger partial charge is 0.259 e. The number of nitrogens with zero attached hydrogens (tertiary/aromatic N) is 2. The first kappa shape index (κ1) is 18.7. The summed E-state index contributed by atoms with van der Waals surface area (Å²) in [7, 11) is 0. The number of hydrogen-bond donors (Lipinski definition) is 0. The van der Waals surface area contributed by atoms with Gasteiger partial charge in [0, 0.05) is 23.6 Å². The van der Waals surface area contributed by atoms with Crippen molar-refractivity contribution in [3.63, 3.8) is 0 Å². The summed E-state index contributed by atoms with van der Waals surface area (Å²) in [5.74, 6) is 1.31. The fraction of sp³-hybridized carbons (Fsp3) is 0.346. The van der Waals surface area contributed by atoms with Crippen LogP contribution in [-0.2, 0) is 5.54 Å². The second-order valence-corrected chi connectivity index (χ2v) is 8.64. The van der Waals surface area contributed by atoms with E-state index in [-0.39, 0.29) is 13.0 Å². The average Bonchev–Trinajstić information content (AvgIpc) is 3.09. The molecule has 28 heavy (non-hydrogen) atoms. The highest BCUT2D eigenvalue weighted by Crippen LogP contribution is 2.45. The minimum Gasteiger partial charge on any atom is -0.217 e. The maximum atomic E-state index is 2.57. The third-order valence-corrected chi connectivity index (χ3v) is 7.06. The van der Waals surface area contributed by atoms with Crippen molar-refractivity contribution in [1.29, 1.82) is 0 Å². The number of aromatic nitrogens is 2. The average molecular weight is 372 g/mol. The SMILES string of the molecule is C.Cc1c(C)c(C)n2c(C)[n+]3c(c2c1C)-c1c(ccc2ccccc12)C3(C)C. The molecule has 0 N–H and O–H groups in total. The molecule has 1 aliphatic rings. The summed E-state index contributed by atoms with van der Waals surface area (Å²) >= 11 is 0. The van der Waals surface area contributed by atoms with Crippen LogP contribution >= 0.6 is 0 Å². The quantitative estimate of drug-likeness (QED) is 0.320. The number of benzene rings is 2. The van der Waals surface area contributed by atoms with Gasteiger partial charge in [-0.25, -0.2) is 4.57 Å². The fourth-order valence-corrected chi connectivity index (χ4v) is 5.36. The molecule has 5 rings (SSSR count). The molecule has 0 fully saturated rings. The molecule has 1 aliphatic heterocycles. The van der Waals surface area contributed by atoms with Gasteiger partial charge in [0.1, 0.15) is 11.2 Å². The molecule has 0 spiro atoms. The monoisotopic (exact) mass is 371 g/mol. The highest BCUT2D eigenvalue weighted by Gasteiger charge is 2.46. The molecular formula is C26H31N2+. The van der Waals surface area contributed by atoms with Gasteiger partial charge in [0.15, 0.2) is 11.2 Å². The van der Waals surface area contributed by atoms with Crippen LogP contribution in [0.2, 0.25) is 0 Å². The summed E-state index contributed by atoms with van der Waals surface area (Å²) in [4.78, 5) is 0. The van der Waals surface area contributed by atoms with Gasteiger partial charge < -0.3 is 0 Å². The van der Waals surface area contributed by atoms with E-state index in [1.54, 1.807) is 0 Å². The van der Waals surface area contributed by atoms with Crippen molar-refractivity contribution < 1.29 is 4.57 Å². The van der Waals surface area contributed by atoms with Crippen molar-refractivity contribution in [3.05, 3.63) is 70.2 Å². The molecular weight excluding hydrogens is 340 g/mol. The topological polar surface area (TPSA) is 8.29 Å². The zero-order valence-electron chi connectivity index (χ0n) is 17.4. The van der Waals surface area contributed by atoms with Gasteiger partial charge in [0.2, 0.25) is 0 Å². The van der Waals surface area contributed by atoms with E-state index in [2.05, 4.69) is 93.8 Å². The summed E-state index contributed by atoms with van der Waals surface area (Å²) in [5.41, 5.74) is 11.1. The molecule has 0 amide bonds. The van der Waals surface area contributed by atoms with E-state index in [0.29, 0.717) is 0 Å². The summed E-state index contributed by atoms with van der Waals surface area (Å²) in [5, 5.41) is 2.67. The Labute approximate surface area is 168 Å². The Hall–Kier alpha value is -2.61. The lowest BCUT2D eigenvalue weighted by Gasteiger charge is -2.19. The molecule has 0 radical (unpaired) electrons. The lowest BCUT2D eigenvalue weighted by atomic mass is 9.89. The van der Waals surface area contributed by atoms with Gasteiger partial charge in [-0.15, -0.1) is 0 Å². The van der Waals surface area contributed by atoms with E-state index in [1.807, 2.05) is 0 Å². The number of hydrogen-bond acceptors (Lipinski definition) is 0. The Morgan fingerprint density at radius 2 is 1.50 bits per heavy atom. The van der Waals surface area contributed by atoms with Gasteiger partial charge in [0.05, 0.1) is 0 Å². The van der Waals surface area contributed by atoms with Gasteiger partial charge in [-0.1, -0.05) is 43.8 Å². The van der Waals surface area contributed by atoms with Crippen LogP contribution in [0.15, 0.2) is 36.4 Å². The van der Waals surface area contributed by atoms with Gasteiger partial charge in [0.25, 0.3) is 5.82 Å². The molecule has 0 saturated heterocycles. The van der Waals surface area contributed by atoms with Gasteiger partial charge in [-0.3, -0.25) is 0 Å². The van der Waals surface area contributed by atoms with E-state index in [1.165, 1.54) is 61.3 Å². The summed E-state index contributed by atoms with van der Waals surface area (Å²) < 4.78 is 5.05. The highest BCUT2D eigenvalue weighted by molar-refractivity contribution is 6.01. The molecule has 4 aromatic rings. The first-order valence-electron chi connectivity index (χ1n) is 9.83. The van der Waals surface area contributed by atoms with Gasteiger partial charge in [-0.2, -0.15) is 4.40 Å². The minimum absolute atomic E-state index is 0. The fourth-order valence-electron chi connectivity index (χ4n) is 5.36. The van der Waals surface area contributed by atoms with Gasteiger partial charge >= 0.3 is 0 Å². The van der Waals surface area contributed by atoms with Crippen molar-refractivity contribution in [2.45, 2.75) is 61.4 Å². The maximum Gasteiger partial charge on any atom is 0.259 e. The Morgan fingerprint density at radius 1 is 0.821 bits per heavy atom. The Kier molecular flexibility index (Phi) is 3.81. The van der Waals surface area contributed by atoms with E-state index < -0.39 is 0 Å². The van der Waals surface area contributed by atoms with Crippen molar-refractivity contribution in [2.75, 3.05) is 0 Å². The van der Waals surface area contributed by atoms with Crippen LogP contribution in [0.4, 0.5) is 0 Å². The van der Waals surface area contributed by atoms with Crippen LogP contribution in [0.5, 0.6) is 0 Å². The van der Waals surface area contributed by atoms with E-state index >= 15 is 0 Å². The predicted molar refractivity (Wildman–Crippen MR) is 119 cm³/mol. The third-order valence-electron chi connectivity index (χ3n) is 7.06. The third kappa shape index (κ3) is 1.96. The first-order valence-corrected chi connectivity index (χ1v) is 9.83. The van der Waals surface area contributed by atoms with Gasteiger partial charge in [-0.05, 0) is 63.4 Å². The number of pyridine rings is 1. The molecule has 2 aromatic carbocycles. The van der Waals surface area contributed by atoms with Crippen molar-refractivity contribution in [1.82, 2.24) is 4.40 Å². The Balaban J connectivity index is 0.00000192. The Bertz CT molecular complexity index is 1290. The van der Waals surface area contributed by atoms with Crippen LogP contribution < -0.4 is 4.57 Å². The molecule has 0 bridgehead atoms. The zero-order chi connectivity index (χ0) is 19.2. The molecule has 2 nitrogen and oxygen atoms in total. The number of imidazole rings is 1. The molecule has 144 valence electrons. The number of fused-ring (bicyclic) bond motifs is 7. The minimum atomic E-state index is -0.0640. The molecule has 0 unspecified atom stereocenters. The second-order valence-electron chi connectivity index (χ2n) is 8.64. The van der Waals surface area contributed by atoms with Crippen LogP contribution in [0.3, 0.4) is 0 Å². The molecule has 0 atom stereocenters. The molecule has 0 aliphatic carbocycles. The molecule has 3 heterocycles. The van der Waals surface area contributed by atoms with Crippen molar-refractivity contribution in [3.8, 4) is 11.3 Å². The summed E-state index contributed by atoms with van der Waals surface area (Å²) in [6.45, 7) is 16.0. The number of rotatable bonds is 0. The van der Waals surface area contributed by atoms with Crippen LogP contribution in [0, 0.1) is 34.6 Å². The van der Waals surface area contributed by atoms with Crippen molar-refractivity contribution in [2.24, 2.45) is 0 Å². The zero-order valence-corrected chi connectivity index (χ0v) is 17.4. The smallest absolute Gasteiger partial charge is 0.217 e. The van der Waals surface area contributed by atoms with Crippen LogP contribution in [0.25, 0.3) is 27.5 Å². The van der Waals surface area contributed by atoms with E-state index in [0.717, 1.165) is 0 Å². The van der Waals surface area contributed by atoms with E-state index in [4.69, 9.17) is 0 Å². The summed E-state index contributed by atoms with van der Waals surface area (Å²) in [6, 6.07) is 13.4. The maximum absolute atomic E-state index is 2.57. The van der Waals surface area contributed by atoms with Crippen LogP contribution in [0.1, 0.15) is 55.0 Å². The first-order chi connectivity index (χ1) is 12.8. The second kappa shape index (κ2) is 5.70. The lowest BCUT2D eigenvalue weighted by Crippen LogP contribution is -2.51. The molecule has 2 aromatic heterocycles. The normalized spacial score (nSPS) is 14.2. The van der Waals surface area contributed by atoms with Crippen LogP contribution in [-0.4, -0.2) is 4.40 Å². The standard InChI is InChI=1S/C25H27N2.CH4/c1-14-15(2)17(4)26-18(5)27-24(23(26)16(14)3)22-20-11-9-8-10-19(20)12-13-21(22)25(27,6)7;/h8-13H,1-7H3;1H4/q+1;. The number of aryl methyl sites for hydroxylation is 3.